The predicted molar refractivity (Wildman–Crippen MR) is 54.3 cm³/mol. The Kier molecular flexibility index (Phi) is 8.19. The summed E-state index contributed by atoms with van der Waals surface area (Å²) in [5.74, 6) is 0.473. The molecule has 0 aliphatic carbocycles. The Morgan fingerprint density at radius 2 is 2.07 bits per heavy atom. The van der Waals surface area contributed by atoms with Crippen molar-refractivity contribution in [3.05, 3.63) is 0 Å². The van der Waals surface area contributed by atoms with Crippen molar-refractivity contribution >= 4 is 11.6 Å². The Labute approximate surface area is 93.1 Å². The predicted octanol–water partition coefficient (Wildman–Crippen LogP) is 2.56. The Morgan fingerprint density at radius 3 is 2.53 bits per heavy atom. The fourth-order valence-corrected chi connectivity index (χ4v) is 1.44. The normalized spacial score (nSPS) is 14.2. The Hall–Kier alpha value is -0.0000000000000000555. The van der Waals surface area contributed by atoms with Gasteiger partial charge in [0, 0.05) is 25.5 Å². The summed E-state index contributed by atoms with van der Waals surface area (Å²) in [7, 11) is 1.55. The molecule has 0 heterocycles. The van der Waals surface area contributed by atoms with Crippen LogP contribution >= 0.6 is 11.6 Å². The summed E-state index contributed by atoms with van der Waals surface area (Å²) in [4.78, 5) is 0. The summed E-state index contributed by atoms with van der Waals surface area (Å²) >= 11 is 5.54. The number of rotatable bonds is 8. The van der Waals surface area contributed by atoms with Gasteiger partial charge in [-0.15, -0.1) is 11.6 Å². The van der Waals surface area contributed by atoms with Gasteiger partial charge in [-0.2, -0.15) is 13.2 Å². The molecule has 0 fully saturated rings. The number of methoxy groups -OCH3 is 1. The van der Waals surface area contributed by atoms with Crippen molar-refractivity contribution in [3.63, 3.8) is 0 Å². The molecule has 0 bridgehead atoms. The van der Waals surface area contributed by atoms with Gasteiger partial charge in [-0.25, -0.2) is 0 Å². The van der Waals surface area contributed by atoms with Crippen molar-refractivity contribution in [2.45, 2.75) is 31.5 Å². The first kappa shape index (κ1) is 15.0. The number of ether oxygens (including phenoxy) is 1. The largest absolute Gasteiger partial charge is 0.389 e. The van der Waals surface area contributed by atoms with Gasteiger partial charge in [0.1, 0.15) is 0 Å². The van der Waals surface area contributed by atoms with Gasteiger partial charge in [0.2, 0.25) is 0 Å². The molecule has 0 aromatic heterocycles. The quantitative estimate of drug-likeness (QED) is 0.526. The lowest BCUT2D eigenvalue weighted by atomic mass is 10.2. The molecular formula is C9H17ClF3NO. The van der Waals surface area contributed by atoms with Crippen molar-refractivity contribution < 1.29 is 17.9 Å². The first-order valence-corrected chi connectivity index (χ1v) is 5.38. The van der Waals surface area contributed by atoms with E-state index < -0.39 is 12.6 Å². The van der Waals surface area contributed by atoms with Gasteiger partial charge in [-0.3, -0.25) is 0 Å². The second-order valence-electron chi connectivity index (χ2n) is 3.30. The molecule has 15 heavy (non-hydrogen) atoms. The minimum absolute atomic E-state index is 0.0423. The third-order valence-electron chi connectivity index (χ3n) is 1.90. The molecule has 0 saturated heterocycles. The van der Waals surface area contributed by atoms with Crippen LogP contribution in [0.25, 0.3) is 0 Å². The molecule has 0 aliphatic heterocycles. The minimum atomic E-state index is -4.06. The van der Waals surface area contributed by atoms with E-state index in [2.05, 4.69) is 5.32 Å². The molecule has 0 spiro atoms. The Balaban J connectivity index is 3.52. The maximum atomic E-state index is 11.8. The van der Waals surface area contributed by atoms with Gasteiger partial charge in [0.15, 0.2) is 0 Å². The van der Waals surface area contributed by atoms with Gasteiger partial charge >= 0.3 is 6.18 Å². The average molecular weight is 248 g/mol. The highest BCUT2D eigenvalue weighted by Crippen LogP contribution is 2.20. The zero-order valence-corrected chi connectivity index (χ0v) is 9.50. The van der Waals surface area contributed by atoms with Crippen LogP contribution in [0.1, 0.15) is 19.3 Å². The van der Waals surface area contributed by atoms with Crippen molar-refractivity contribution in [1.82, 2.24) is 5.32 Å². The lowest BCUT2D eigenvalue weighted by molar-refractivity contribution is -0.135. The van der Waals surface area contributed by atoms with E-state index in [4.69, 9.17) is 16.3 Å². The highest BCUT2D eigenvalue weighted by atomic mass is 35.5. The van der Waals surface area contributed by atoms with Crippen molar-refractivity contribution in [1.29, 1.82) is 0 Å². The van der Waals surface area contributed by atoms with Crippen LogP contribution in [-0.4, -0.2) is 38.4 Å². The van der Waals surface area contributed by atoms with Crippen LogP contribution in [-0.2, 0) is 4.74 Å². The van der Waals surface area contributed by atoms with Crippen molar-refractivity contribution in [2.75, 3.05) is 26.1 Å². The molecule has 0 aromatic carbocycles. The molecule has 0 radical (unpaired) electrons. The number of nitrogens with one attached hydrogen (secondary N) is 1. The van der Waals surface area contributed by atoms with Crippen LogP contribution in [0.3, 0.4) is 0 Å². The van der Waals surface area contributed by atoms with Crippen LogP contribution in [0.15, 0.2) is 0 Å². The maximum Gasteiger partial charge on any atom is 0.389 e. The summed E-state index contributed by atoms with van der Waals surface area (Å²) in [5, 5.41) is 2.98. The van der Waals surface area contributed by atoms with Gasteiger partial charge < -0.3 is 10.1 Å². The average Bonchev–Trinajstić information content (AvgIpc) is 2.11. The SMILES string of the molecule is COCC(CCCl)NCCCC(F)(F)F. The maximum absolute atomic E-state index is 11.8. The monoisotopic (exact) mass is 247 g/mol. The van der Waals surface area contributed by atoms with E-state index in [0.29, 0.717) is 25.5 Å². The van der Waals surface area contributed by atoms with Crippen LogP contribution in [0.5, 0.6) is 0 Å². The highest BCUT2D eigenvalue weighted by molar-refractivity contribution is 6.17. The first-order valence-electron chi connectivity index (χ1n) is 4.84. The lowest BCUT2D eigenvalue weighted by Crippen LogP contribution is -2.34. The van der Waals surface area contributed by atoms with E-state index in [1.54, 1.807) is 7.11 Å². The summed E-state index contributed by atoms with van der Waals surface area (Å²) in [6, 6.07) is 0.0423. The van der Waals surface area contributed by atoms with Gasteiger partial charge in [0.05, 0.1) is 6.61 Å². The van der Waals surface area contributed by atoms with Crippen LogP contribution in [0.4, 0.5) is 13.2 Å². The van der Waals surface area contributed by atoms with E-state index in [9.17, 15) is 13.2 Å². The molecule has 2 nitrogen and oxygen atoms in total. The lowest BCUT2D eigenvalue weighted by Gasteiger charge is -2.16. The Morgan fingerprint density at radius 1 is 1.40 bits per heavy atom. The molecule has 1 unspecified atom stereocenters. The second-order valence-corrected chi connectivity index (χ2v) is 3.68. The number of halogens is 4. The summed E-state index contributed by atoms with van der Waals surface area (Å²) in [6.07, 6.45) is -4.03. The first-order chi connectivity index (χ1) is 6.99. The fraction of sp³-hybridized carbons (Fsp3) is 1.00. The van der Waals surface area contributed by atoms with E-state index in [1.807, 2.05) is 0 Å². The number of hydrogen-bond donors (Lipinski definition) is 1. The number of alkyl halides is 4. The minimum Gasteiger partial charge on any atom is -0.383 e. The third-order valence-corrected chi connectivity index (χ3v) is 2.11. The smallest absolute Gasteiger partial charge is 0.383 e. The zero-order chi connectivity index (χ0) is 11.7. The molecule has 1 atom stereocenters. The zero-order valence-electron chi connectivity index (χ0n) is 8.74. The molecule has 0 saturated carbocycles. The standard InChI is InChI=1S/C9H17ClF3NO/c1-15-7-8(3-5-10)14-6-2-4-9(11,12)13/h8,14H,2-7H2,1H3. The van der Waals surface area contributed by atoms with Gasteiger partial charge in [-0.05, 0) is 19.4 Å². The second kappa shape index (κ2) is 8.19. The molecule has 1 N–H and O–H groups in total. The summed E-state index contributed by atoms with van der Waals surface area (Å²) in [5.41, 5.74) is 0. The molecule has 0 aromatic rings. The molecular weight excluding hydrogens is 231 g/mol. The van der Waals surface area contributed by atoms with E-state index in [0.717, 1.165) is 0 Å². The number of hydrogen-bond acceptors (Lipinski definition) is 2. The fourth-order valence-electron chi connectivity index (χ4n) is 1.17. The topological polar surface area (TPSA) is 21.3 Å². The molecule has 92 valence electrons. The van der Waals surface area contributed by atoms with E-state index in [-0.39, 0.29) is 12.5 Å². The van der Waals surface area contributed by atoms with Crippen LogP contribution in [0, 0.1) is 0 Å². The van der Waals surface area contributed by atoms with Crippen molar-refractivity contribution in [3.8, 4) is 0 Å². The summed E-state index contributed by atoms with van der Waals surface area (Å²) in [6.45, 7) is 0.809. The van der Waals surface area contributed by atoms with Crippen molar-refractivity contribution in [2.24, 2.45) is 0 Å². The Bertz CT molecular complexity index is 149. The highest BCUT2D eigenvalue weighted by Gasteiger charge is 2.25. The van der Waals surface area contributed by atoms with Crippen LogP contribution < -0.4 is 5.32 Å². The third kappa shape index (κ3) is 10.3. The van der Waals surface area contributed by atoms with Crippen LogP contribution in [0.2, 0.25) is 0 Å². The molecule has 0 rings (SSSR count). The molecule has 6 heteroatoms. The van der Waals surface area contributed by atoms with E-state index >= 15 is 0 Å². The molecule has 0 amide bonds. The van der Waals surface area contributed by atoms with E-state index in [1.165, 1.54) is 0 Å². The molecule has 0 aliphatic rings. The summed E-state index contributed by atoms with van der Waals surface area (Å²) < 4.78 is 40.3. The van der Waals surface area contributed by atoms with Gasteiger partial charge in [0.25, 0.3) is 0 Å². The van der Waals surface area contributed by atoms with Gasteiger partial charge in [-0.1, -0.05) is 0 Å².